The van der Waals surface area contributed by atoms with Gasteiger partial charge in [-0.25, -0.2) is 0 Å². The average Bonchev–Trinajstić information content (AvgIpc) is 2.61. The van der Waals surface area contributed by atoms with Crippen LogP contribution >= 0.6 is 9.39 Å². The molecule has 1 N–H and O–H groups in total. The highest BCUT2D eigenvalue weighted by Gasteiger charge is 2.42. The summed E-state index contributed by atoms with van der Waals surface area (Å²) < 4.78 is 0. The molecule has 0 aromatic carbocycles. The predicted molar refractivity (Wildman–Crippen MR) is 55.0 cm³/mol. The van der Waals surface area contributed by atoms with E-state index in [4.69, 9.17) is 0 Å². The van der Waals surface area contributed by atoms with Gasteiger partial charge < -0.3 is 4.90 Å². The van der Waals surface area contributed by atoms with E-state index in [-0.39, 0.29) is 0 Å². The van der Waals surface area contributed by atoms with Crippen molar-refractivity contribution in [3.63, 3.8) is 0 Å². The molecule has 1 spiro atoms. The van der Waals surface area contributed by atoms with E-state index < -0.39 is 0 Å². The zero-order valence-corrected chi connectivity index (χ0v) is 9.00. The quantitative estimate of drug-likeness (QED) is 0.620. The maximum atomic E-state index is 3.33. The lowest BCUT2D eigenvalue weighted by molar-refractivity contribution is 0.285. The first-order chi connectivity index (χ1) is 5.74. The molecule has 2 rings (SSSR count). The van der Waals surface area contributed by atoms with E-state index >= 15 is 0 Å². The number of rotatable bonds is 1. The summed E-state index contributed by atoms with van der Waals surface area (Å²) in [6.45, 7) is 2.64. The van der Waals surface area contributed by atoms with Crippen molar-refractivity contribution in [3.8, 4) is 0 Å². The fraction of sp³-hybridized carbons (Fsp3) is 1.00. The first kappa shape index (κ1) is 8.93. The van der Waals surface area contributed by atoms with Crippen molar-refractivity contribution >= 4 is 9.39 Å². The number of nitrogens with one attached hydrogen (secondary N) is 1. The monoisotopic (exact) mass is 186 g/mol. The van der Waals surface area contributed by atoms with Crippen LogP contribution in [0.15, 0.2) is 0 Å². The van der Waals surface area contributed by atoms with Gasteiger partial charge in [-0.05, 0) is 44.7 Å². The normalized spacial score (nSPS) is 43.0. The number of likely N-dealkylation sites (tertiary alicyclic amines) is 1. The minimum atomic E-state index is 0.684. The van der Waals surface area contributed by atoms with Crippen LogP contribution in [0.5, 0.6) is 0 Å². The molecule has 3 atom stereocenters. The lowest BCUT2D eigenvalue weighted by Gasteiger charge is -2.22. The van der Waals surface area contributed by atoms with Crippen LogP contribution in [0.1, 0.15) is 25.7 Å². The molecular weight excluding hydrogens is 167 g/mol. The van der Waals surface area contributed by atoms with Gasteiger partial charge in [0.05, 0.1) is 0 Å². The number of hydrogen-bond acceptors (Lipinski definition) is 2. The molecule has 12 heavy (non-hydrogen) atoms. The third-order valence-corrected chi connectivity index (χ3v) is 4.04. The molecule has 0 amide bonds. The van der Waals surface area contributed by atoms with Crippen LogP contribution in [0.4, 0.5) is 0 Å². The van der Waals surface area contributed by atoms with E-state index in [1.165, 1.54) is 38.8 Å². The molecule has 1 aliphatic heterocycles. The van der Waals surface area contributed by atoms with Crippen molar-refractivity contribution in [2.75, 3.05) is 20.1 Å². The maximum Gasteiger partial charge on any atom is 0.0105 e. The Bertz CT molecular complexity index is 174. The van der Waals surface area contributed by atoms with Crippen LogP contribution in [-0.2, 0) is 0 Å². The van der Waals surface area contributed by atoms with E-state index in [2.05, 4.69) is 26.4 Å². The largest absolute Gasteiger partial charge is 0.306 e. The van der Waals surface area contributed by atoms with Crippen LogP contribution in [-0.4, -0.2) is 31.1 Å². The van der Waals surface area contributed by atoms with Gasteiger partial charge in [0.1, 0.15) is 0 Å². The Morgan fingerprint density at radius 3 is 2.83 bits per heavy atom. The summed E-state index contributed by atoms with van der Waals surface area (Å²) in [5.74, 6) is 0. The molecule has 0 radical (unpaired) electrons. The van der Waals surface area contributed by atoms with Crippen molar-refractivity contribution in [1.82, 2.24) is 9.99 Å². The summed E-state index contributed by atoms with van der Waals surface area (Å²) in [5.41, 5.74) is 0.684. The SMILES string of the molecule is CN1CCC2(CCC(NP)C2)C1. The minimum absolute atomic E-state index is 0.684. The van der Waals surface area contributed by atoms with Crippen LogP contribution in [0.25, 0.3) is 0 Å². The van der Waals surface area contributed by atoms with Gasteiger partial charge in [-0.1, -0.05) is 9.39 Å². The molecule has 0 bridgehead atoms. The third-order valence-electron chi connectivity index (χ3n) is 3.57. The first-order valence-corrected chi connectivity index (χ1v) is 5.47. The zero-order valence-electron chi connectivity index (χ0n) is 7.84. The molecule has 1 saturated carbocycles. The standard InChI is InChI=1S/C9H19N2P/c1-11-5-4-9(7-11)3-2-8(6-9)10-12/h8,10H,2-7,12H2,1H3. The second kappa shape index (κ2) is 3.25. The van der Waals surface area contributed by atoms with Crippen LogP contribution in [0, 0.1) is 5.41 Å². The highest BCUT2D eigenvalue weighted by atomic mass is 31.0. The molecule has 2 aliphatic rings. The van der Waals surface area contributed by atoms with Gasteiger partial charge in [0.15, 0.2) is 0 Å². The molecule has 1 aliphatic carbocycles. The van der Waals surface area contributed by atoms with Gasteiger partial charge in [0.25, 0.3) is 0 Å². The summed E-state index contributed by atoms with van der Waals surface area (Å²) in [6.07, 6.45) is 5.62. The molecular formula is C9H19N2P. The van der Waals surface area contributed by atoms with Crippen LogP contribution in [0.2, 0.25) is 0 Å². The van der Waals surface area contributed by atoms with Crippen molar-refractivity contribution < 1.29 is 0 Å². The number of hydrogen-bond donors (Lipinski definition) is 1. The maximum absolute atomic E-state index is 3.33. The van der Waals surface area contributed by atoms with Gasteiger partial charge in [0, 0.05) is 12.6 Å². The molecule has 2 nitrogen and oxygen atoms in total. The van der Waals surface area contributed by atoms with E-state index in [0.717, 1.165) is 6.04 Å². The molecule has 0 aromatic rings. The van der Waals surface area contributed by atoms with Gasteiger partial charge in [-0.2, -0.15) is 0 Å². The van der Waals surface area contributed by atoms with Crippen molar-refractivity contribution in [2.24, 2.45) is 5.41 Å². The first-order valence-electron chi connectivity index (χ1n) is 4.89. The van der Waals surface area contributed by atoms with Crippen molar-refractivity contribution in [3.05, 3.63) is 0 Å². The second-order valence-corrected chi connectivity index (χ2v) is 4.93. The lowest BCUT2D eigenvalue weighted by Crippen LogP contribution is -2.25. The van der Waals surface area contributed by atoms with Gasteiger partial charge in [0.2, 0.25) is 0 Å². The Kier molecular flexibility index (Phi) is 2.42. The minimum Gasteiger partial charge on any atom is -0.306 e. The Hall–Kier alpha value is 0.350. The van der Waals surface area contributed by atoms with Crippen molar-refractivity contribution in [1.29, 1.82) is 0 Å². The van der Waals surface area contributed by atoms with Crippen LogP contribution in [0.3, 0.4) is 0 Å². The third kappa shape index (κ3) is 1.53. The molecule has 3 unspecified atom stereocenters. The molecule has 2 fully saturated rings. The molecule has 3 heteroatoms. The van der Waals surface area contributed by atoms with E-state index in [1.54, 1.807) is 0 Å². The van der Waals surface area contributed by atoms with Crippen LogP contribution < -0.4 is 5.09 Å². The Morgan fingerprint density at radius 1 is 1.50 bits per heavy atom. The summed E-state index contributed by atoms with van der Waals surface area (Å²) in [6, 6.07) is 0.765. The summed E-state index contributed by atoms with van der Waals surface area (Å²) in [7, 11) is 4.91. The Labute approximate surface area is 77.3 Å². The van der Waals surface area contributed by atoms with Gasteiger partial charge in [-0.3, -0.25) is 5.09 Å². The highest BCUT2D eigenvalue weighted by molar-refractivity contribution is 7.13. The highest BCUT2D eigenvalue weighted by Crippen LogP contribution is 2.45. The fourth-order valence-corrected chi connectivity index (χ4v) is 3.16. The lowest BCUT2D eigenvalue weighted by atomic mass is 9.85. The number of nitrogens with zero attached hydrogens (tertiary/aromatic N) is 1. The topological polar surface area (TPSA) is 15.3 Å². The zero-order chi connectivity index (χ0) is 8.60. The predicted octanol–water partition coefficient (Wildman–Crippen LogP) is 1.24. The van der Waals surface area contributed by atoms with E-state index in [0.29, 0.717) is 5.41 Å². The van der Waals surface area contributed by atoms with Gasteiger partial charge in [-0.15, -0.1) is 0 Å². The Balaban J connectivity index is 1.97. The molecule has 1 heterocycles. The molecule has 0 aromatic heterocycles. The summed E-state index contributed by atoms with van der Waals surface area (Å²) in [4.78, 5) is 2.48. The van der Waals surface area contributed by atoms with Gasteiger partial charge >= 0.3 is 0 Å². The summed E-state index contributed by atoms with van der Waals surface area (Å²) >= 11 is 0. The molecule has 70 valence electrons. The average molecular weight is 186 g/mol. The van der Waals surface area contributed by atoms with E-state index in [9.17, 15) is 0 Å². The second-order valence-electron chi connectivity index (χ2n) is 4.59. The summed E-state index contributed by atoms with van der Waals surface area (Å²) in [5, 5.41) is 3.33. The smallest absolute Gasteiger partial charge is 0.0105 e. The Morgan fingerprint density at radius 2 is 2.33 bits per heavy atom. The van der Waals surface area contributed by atoms with Crippen molar-refractivity contribution in [2.45, 2.75) is 31.7 Å². The van der Waals surface area contributed by atoms with E-state index in [1.807, 2.05) is 0 Å². The molecule has 1 saturated heterocycles. The fourth-order valence-electron chi connectivity index (χ4n) is 2.88.